The summed E-state index contributed by atoms with van der Waals surface area (Å²) in [6.07, 6.45) is 0. The first-order chi connectivity index (χ1) is 9.68. The van der Waals surface area contributed by atoms with E-state index in [0.29, 0.717) is 12.2 Å². The molecule has 2 aromatic carbocycles. The van der Waals surface area contributed by atoms with E-state index in [1.165, 1.54) is 6.07 Å². The summed E-state index contributed by atoms with van der Waals surface area (Å²) in [6, 6.07) is 13.9. The van der Waals surface area contributed by atoms with E-state index >= 15 is 0 Å². The molecule has 0 spiro atoms. The third kappa shape index (κ3) is 3.71. The molecule has 4 heteroatoms. The second-order valence-corrected chi connectivity index (χ2v) is 4.46. The summed E-state index contributed by atoms with van der Waals surface area (Å²) in [6.45, 7) is 2.40. The van der Waals surface area contributed by atoms with Gasteiger partial charge in [0.1, 0.15) is 19.0 Å². The Labute approximate surface area is 118 Å². The van der Waals surface area contributed by atoms with E-state index < -0.39 is 5.82 Å². The molecule has 106 valence electrons. The Balaban J connectivity index is 1.91. The van der Waals surface area contributed by atoms with E-state index in [1.807, 2.05) is 30.3 Å². The number of hydrogen-bond donors (Lipinski definition) is 1. The average Bonchev–Trinajstić information content (AvgIpc) is 2.45. The summed E-state index contributed by atoms with van der Waals surface area (Å²) in [5.74, 6) is 0.565. The lowest BCUT2D eigenvalue weighted by Crippen LogP contribution is -2.13. The number of para-hydroxylation sites is 2. The molecule has 0 radical (unpaired) electrons. The highest BCUT2D eigenvalue weighted by molar-refractivity contribution is 5.36. The molecule has 0 aromatic heterocycles. The van der Waals surface area contributed by atoms with Gasteiger partial charge < -0.3 is 15.2 Å². The van der Waals surface area contributed by atoms with Crippen LogP contribution in [-0.2, 0) is 0 Å². The van der Waals surface area contributed by atoms with E-state index in [2.05, 4.69) is 0 Å². The summed E-state index contributed by atoms with van der Waals surface area (Å²) < 4.78 is 24.7. The van der Waals surface area contributed by atoms with Crippen molar-refractivity contribution in [2.24, 2.45) is 5.73 Å². The Kier molecular flexibility index (Phi) is 4.96. The van der Waals surface area contributed by atoms with Crippen molar-refractivity contribution >= 4 is 0 Å². The van der Waals surface area contributed by atoms with Crippen LogP contribution in [0.2, 0.25) is 0 Å². The molecule has 0 saturated heterocycles. The van der Waals surface area contributed by atoms with E-state index in [4.69, 9.17) is 15.2 Å². The highest BCUT2D eigenvalue weighted by atomic mass is 19.1. The maximum absolute atomic E-state index is 13.7. The second kappa shape index (κ2) is 6.91. The van der Waals surface area contributed by atoms with E-state index in [1.54, 1.807) is 19.1 Å². The standard InChI is InChI=1S/C16H18FNO2/c1-12(18)14-8-5-9-15(17)16(14)20-11-10-19-13-6-3-2-4-7-13/h2-9,12H,10-11,18H2,1H3. The zero-order chi connectivity index (χ0) is 14.4. The quantitative estimate of drug-likeness (QED) is 0.823. The zero-order valence-electron chi connectivity index (χ0n) is 11.4. The van der Waals surface area contributed by atoms with Crippen molar-refractivity contribution in [2.75, 3.05) is 13.2 Å². The monoisotopic (exact) mass is 275 g/mol. The van der Waals surface area contributed by atoms with Gasteiger partial charge in [-0.25, -0.2) is 4.39 Å². The van der Waals surface area contributed by atoms with Crippen LogP contribution in [0, 0.1) is 5.82 Å². The highest BCUT2D eigenvalue weighted by Gasteiger charge is 2.12. The molecule has 20 heavy (non-hydrogen) atoms. The van der Waals surface area contributed by atoms with Gasteiger partial charge in [-0.3, -0.25) is 0 Å². The van der Waals surface area contributed by atoms with Gasteiger partial charge in [0.05, 0.1) is 0 Å². The highest BCUT2D eigenvalue weighted by Crippen LogP contribution is 2.26. The summed E-state index contributed by atoms with van der Waals surface area (Å²) in [5, 5.41) is 0. The Hall–Kier alpha value is -2.07. The van der Waals surface area contributed by atoms with E-state index in [-0.39, 0.29) is 18.4 Å². The van der Waals surface area contributed by atoms with Gasteiger partial charge in [0.15, 0.2) is 11.6 Å². The molecule has 0 bridgehead atoms. The smallest absolute Gasteiger partial charge is 0.165 e. The zero-order valence-corrected chi connectivity index (χ0v) is 11.4. The first-order valence-corrected chi connectivity index (χ1v) is 6.53. The van der Waals surface area contributed by atoms with Gasteiger partial charge in [-0.05, 0) is 25.1 Å². The van der Waals surface area contributed by atoms with Crippen LogP contribution in [0.25, 0.3) is 0 Å². The lowest BCUT2D eigenvalue weighted by molar-refractivity contribution is 0.209. The lowest BCUT2D eigenvalue weighted by Gasteiger charge is -2.15. The van der Waals surface area contributed by atoms with Gasteiger partial charge in [-0.2, -0.15) is 0 Å². The van der Waals surface area contributed by atoms with Gasteiger partial charge in [0.25, 0.3) is 0 Å². The maximum Gasteiger partial charge on any atom is 0.165 e. The van der Waals surface area contributed by atoms with Crippen molar-refractivity contribution in [1.82, 2.24) is 0 Å². The van der Waals surface area contributed by atoms with E-state index in [9.17, 15) is 4.39 Å². The van der Waals surface area contributed by atoms with Crippen LogP contribution in [0.5, 0.6) is 11.5 Å². The first-order valence-electron chi connectivity index (χ1n) is 6.53. The fraction of sp³-hybridized carbons (Fsp3) is 0.250. The molecule has 2 rings (SSSR count). The van der Waals surface area contributed by atoms with Crippen molar-refractivity contribution in [3.05, 3.63) is 59.9 Å². The van der Waals surface area contributed by atoms with E-state index in [0.717, 1.165) is 5.75 Å². The second-order valence-electron chi connectivity index (χ2n) is 4.46. The summed E-state index contributed by atoms with van der Waals surface area (Å²) >= 11 is 0. The molecule has 3 nitrogen and oxygen atoms in total. The average molecular weight is 275 g/mol. The molecule has 0 saturated carbocycles. The van der Waals surface area contributed by atoms with Gasteiger partial charge in [0, 0.05) is 11.6 Å². The topological polar surface area (TPSA) is 44.5 Å². The Morgan fingerprint density at radius 3 is 2.40 bits per heavy atom. The van der Waals surface area contributed by atoms with Crippen LogP contribution in [0.3, 0.4) is 0 Å². The van der Waals surface area contributed by atoms with Crippen LogP contribution in [-0.4, -0.2) is 13.2 Å². The normalized spacial score (nSPS) is 11.9. The molecule has 0 fully saturated rings. The van der Waals surface area contributed by atoms with Crippen molar-refractivity contribution in [1.29, 1.82) is 0 Å². The van der Waals surface area contributed by atoms with Crippen LogP contribution >= 0.6 is 0 Å². The van der Waals surface area contributed by atoms with Crippen LogP contribution in [0.1, 0.15) is 18.5 Å². The van der Waals surface area contributed by atoms with Crippen molar-refractivity contribution in [3.8, 4) is 11.5 Å². The predicted octanol–water partition coefficient (Wildman–Crippen LogP) is 3.30. The minimum Gasteiger partial charge on any atom is -0.490 e. The first kappa shape index (κ1) is 14.3. The fourth-order valence-corrected chi connectivity index (χ4v) is 1.86. The lowest BCUT2D eigenvalue weighted by atomic mass is 10.1. The van der Waals surface area contributed by atoms with Crippen LogP contribution < -0.4 is 15.2 Å². The molecule has 1 unspecified atom stereocenters. The van der Waals surface area contributed by atoms with Crippen molar-refractivity contribution < 1.29 is 13.9 Å². The molecule has 0 amide bonds. The van der Waals surface area contributed by atoms with Gasteiger partial charge >= 0.3 is 0 Å². The van der Waals surface area contributed by atoms with Crippen LogP contribution in [0.15, 0.2) is 48.5 Å². The molecule has 0 heterocycles. The fourth-order valence-electron chi connectivity index (χ4n) is 1.86. The number of rotatable bonds is 6. The number of halogens is 1. The Bertz CT molecular complexity index is 543. The number of hydrogen-bond acceptors (Lipinski definition) is 3. The summed E-state index contributed by atoms with van der Waals surface area (Å²) in [4.78, 5) is 0. The van der Waals surface area contributed by atoms with Gasteiger partial charge in [0.2, 0.25) is 0 Å². The Morgan fingerprint density at radius 1 is 1.00 bits per heavy atom. The Morgan fingerprint density at radius 2 is 1.70 bits per heavy atom. The minimum atomic E-state index is -0.403. The molecule has 0 aliphatic heterocycles. The maximum atomic E-state index is 13.7. The molecule has 2 aromatic rings. The summed E-state index contributed by atoms with van der Waals surface area (Å²) in [7, 11) is 0. The van der Waals surface area contributed by atoms with Crippen molar-refractivity contribution in [2.45, 2.75) is 13.0 Å². The summed E-state index contributed by atoms with van der Waals surface area (Å²) in [5.41, 5.74) is 6.46. The number of ether oxygens (including phenoxy) is 2. The molecular formula is C16H18FNO2. The molecule has 0 aliphatic rings. The molecule has 2 N–H and O–H groups in total. The largest absolute Gasteiger partial charge is 0.490 e. The molecule has 1 atom stereocenters. The SMILES string of the molecule is CC(N)c1cccc(F)c1OCCOc1ccccc1. The van der Waals surface area contributed by atoms with Crippen molar-refractivity contribution in [3.63, 3.8) is 0 Å². The number of benzene rings is 2. The third-order valence-electron chi connectivity index (χ3n) is 2.83. The number of nitrogens with two attached hydrogens (primary N) is 1. The predicted molar refractivity (Wildman–Crippen MR) is 76.4 cm³/mol. The van der Waals surface area contributed by atoms with Gasteiger partial charge in [-0.1, -0.05) is 30.3 Å². The minimum absolute atomic E-state index is 0.208. The molecule has 0 aliphatic carbocycles. The van der Waals surface area contributed by atoms with Gasteiger partial charge in [-0.15, -0.1) is 0 Å². The third-order valence-corrected chi connectivity index (χ3v) is 2.83. The molecular weight excluding hydrogens is 257 g/mol. The van der Waals surface area contributed by atoms with Crippen LogP contribution in [0.4, 0.5) is 4.39 Å².